The fourth-order valence-corrected chi connectivity index (χ4v) is 2.69. The van der Waals surface area contributed by atoms with Crippen LogP contribution in [0.15, 0.2) is 0 Å². The minimum absolute atomic E-state index is 0.0514. The van der Waals surface area contributed by atoms with Crippen LogP contribution in [0.3, 0.4) is 0 Å². The van der Waals surface area contributed by atoms with Crippen LogP contribution in [-0.2, 0) is 10.2 Å². The van der Waals surface area contributed by atoms with Gasteiger partial charge in [0.2, 0.25) is 0 Å². The number of piperazine rings is 1. The van der Waals surface area contributed by atoms with Gasteiger partial charge < -0.3 is 10.4 Å². The molecule has 0 amide bonds. The van der Waals surface area contributed by atoms with Gasteiger partial charge in [-0.2, -0.15) is 17.4 Å². The van der Waals surface area contributed by atoms with Crippen LogP contribution in [0.2, 0.25) is 0 Å². The Labute approximate surface area is 97.2 Å². The van der Waals surface area contributed by atoms with Crippen molar-refractivity contribution in [1.29, 1.82) is 0 Å². The first-order valence-electron chi connectivity index (χ1n) is 5.55. The van der Waals surface area contributed by atoms with E-state index in [1.54, 1.807) is 6.92 Å². The van der Waals surface area contributed by atoms with Gasteiger partial charge in [-0.05, 0) is 13.3 Å². The van der Waals surface area contributed by atoms with Crippen molar-refractivity contribution < 1.29 is 13.5 Å². The zero-order valence-corrected chi connectivity index (χ0v) is 10.7. The molecule has 0 aromatic carbocycles. The highest BCUT2D eigenvalue weighted by molar-refractivity contribution is 7.87. The van der Waals surface area contributed by atoms with E-state index in [2.05, 4.69) is 10.0 Å². The lowest BCUT2D eigenvalue weighted by Crippen LogP contribution is -2.52. The maximum Gasteiger partial charge on any atom is 0.279 e. The van der Waals surface area contributed by atoms with Crippen LogP contribution in [0, 0.1) is 0 Å². The van der Waals surface area contributed by atoms with Crippen LogP contribution in [0.4, 0.5) is 0 Å². The Hall–Kier alpha value is -0.210. The summed E-state index contributed by atoms with van der Waals surface area (Å²) < 4.78 is 27.5. The third-order valence-electron chi connectivity index (χ3n) is 2.81. The molecule has 0 spiro atoms. The highest BCUT2D eigenvalue weighted by atomic mass is 32.2. The van der Waals surface area contributed by atoms with E-state index in [4.69, 9.17) is 0 Å². The number of hydrogen-bond donors (Lipinski definition) is 3. The molecule has 0 bridgehead atoms. The second-order valence-corrected chi connectivity index (χ2v) is 6.08. The maximum atomic E-state index is 11.8. The smallest absolute Gasteiger partial charge is 0.279 e. The van der Waals surface area contributed by atoms with Crippen molar-refractivity contribution in [1.82, 2.24) is 14.3 Å². The van der Waals surface area contributed by atoms with Crippen LogP contribution in [-0.4, -0.2) is 56.2 Å². The third-order valence-corrected chi connectivity index (χ3v) is 4.37. The molecule has 1 fully saturated rings. The van der Waals surface area contributed by atoms with Gasteiger partial charge in [0, 0.05) is 32.7 Å². The Morgan fingerprint density at radius 3 is 2.50 bits per heavy atom. The molecular weight excluding hydrogens is 230 g/mol. The molecule has 7 heteroatoms. The van der Waals surface area contributed by atoms with Crippen molar-refractivity contribution in [3.8, 4) is 0 Å². The Balaban J connectivity index is 2.51. The van der Waals surface area contributed by atoms with Crippen molar-refractivity contribution in [3.05, 3.63) is 0 Å². The molecule has 1 aliphatic heterocycles. The van der Waals surface area contributed by atoms with Crippen LogP contribution in [0.5, 0.6) is 0 Å². The highest BCUT2D eigenvalue weighted by Crippen LogP contribution is 2.08. The van der Waals surface area contributed by atoms with Crippen LogP contribution >= 0.6 is 0 Å². The first-order chi connectivity index (χ1) is 7.37. The number of nitrogens with zero attached hydrogens (tertiary/aromatic N) is 1. The van der Waals surface area contributed by atoms with Gasteiger partial charge in [0.25, 0.3) is 10.2 Å². The Kier molecular flexibility index (Phi) is 4.69. The zero-order chi connectivity index (χ0) is 12.2. The molecule has 6 nitrogen and oxygen atoms in total. The van der Waals surface area contributed by atoms with Crippen LogP contribution in [0.25, 0.3) is 0 Å². The van der Waals surface area contributed by atoms with E-state index in [-0.39, 0.29) is 6.54 Å². The summed E-state index contributed by atoms with van der Waals surface area (Å²) in [6.07, 6.45) is 0.511. The van der Waals surface area contributed by atoms with Gasteiger partial charge in [0.05, 0.1) is 5.60 Å². The number of rotatable bonds is 5. The van der Waals surface area contributed by atoms with E-state index < -0.39 is 15.8 Å². The summed E-state index contributed by atoms with van der Waals surface area (Å²) in [5.74, 6) is 0. The van der Waals surface area contributed by atoms with Gasteiger partial charge >= 0.3 is 0 Å². The molecule has 1 atom stereocenters. The average molecular weight is 251 g/mol. The van der Waals surface area contributed by atoms with Gasteiger partial charge in [-0.3, -0.25) is 0 Å². The summed E-state index contributed by atoms with van der Waals surface area (Å²) in [5, 5.41) is 12.8. The topological polar surface area (TPSA) is 81.7 Å². The second kappa shape index (κ2) is 5.42. The highest BCUT2D eigenvalue weighted by Gasteiger charge is 2.26. The first-order valence-corrected chi connectivity index (χ1v) is 6.99. The molecule has 0 saturated carbocycles. The number of hydrogen-bond acceptors (Lipinski definition) is 4. The third kappa shape index (κ3) is 3.99. The van der Waals surface area contributed by atoms with Crippen LogP contribution < -0.4 is 10.0 Å². The lowest BCUT2D eigenvalue weighted by molar-refractivity contribution is 0.0608. The fraction of sp³-hybridized carbons (Fsp3) is 1.00. The molecule has 96 valence electrons. The molecule has 16 heavy (non-hydrogen) atoms. The van der Waals surface area contributed by atoms with E-state index >= 15 is 0 Å². The monoisotopic (exact) mass is 251 g/mol. The maximum absolute atomic E-state index is 11.8. The summed E-state index contributed by atoms with van der Waals surface area (Å²) in [7, 11) is -3.44. The summed E-state index contributed by atoms with van der Waals surface area (Å²) >= 11 is 0. The molecular formula is C9H21N3O3S. The molecule has 0 radical (unpaired) electrons. The van der Waals surface area contributed by atoms with Gasteiger partial charge in [0.15, 0.2) is 0 Å². The van der Waals surface area contributed by atoms with E-state index in [0.717, 1.165) is 0 Å². The lowest BCUT2D eigenvalue weighted by Gasteiger charge is -2.29. The van der Waals surface area contributed by atoms with E-state index in [9.17, 15) is 13.5 Å². The minimum atomic E-state index is -3.44. The summed E-state index contributed by atoms with van der Waals surface area (Å²) in [4.78, 5) is 0. The summed E-state index contributed by atoms with van der Waals surface area (Å²) in [6, 6.07) is 0. The van der Waals surface area contributed by atoms with Crippen LogP contribution in [0.1, 0.15) is 20.3 Å². The van der Waals surface area contributed by atoms with Crippen molar-refractivity contribution in [2.45, 2.75) is 25.9 Å². The normalized spacial score (nSPS) is 22.9. The average Bonchev–Trinajstić information content (AvgIpc) is 2.28. The molecule has 1 saturated heterocycles. The number of aliphatic hydroxyl groups is 1. The molecule has 3 N–H and O–H groups in total. The fourth-order valence-electron chi connectivity index (χ4n) is 1.35. The Bertz CT molecular complexity index is 310. The van der Waals surface area contributed by atoms with Crippen molar-refractivity contribution >= 4 is 10.2 Å². The van der Waals surface area contributed by atoms with E-state index in [1.807, 2.05) is 6.92 Å². The van der Waals surface area contributed by atoms with Crippen molar-refractivity contribution in [2.75, 3.05) is 32.7 Å². The summed E-state index contributed by atoms with van der Waals surface area (Å²) in [6.45, 7) is 5.78. The van der Waals surface area contributed by atoms with E-state index in [1.165, 1.54) is 4.31 Å². The van der Waals surface area contributed by atoms with E-state index in [0.29, 0.717) is 32.6 Å². The van der Waals surface area contributed by atoms with Gasteiger partial charge in [0.1, 0.15) is 0 Å². The molecule has 1 heterocycles. The SMILES string of the molecule is CCC(C)(O)CNS(=O)(=O)N1CCNCC1. The van der Waals surface area contributed by atoms with Gasteiger partial charge in [-0.25, -0.2) is 0 Å². The lowest BCUT2D eigenvalue weighted by atomic mass is 10.1. The standard InChI is InChI=1S/C9H21N3O3S/c1-3-9(2,13)8-11-16(14,15)12-6-4-10-5-7-12/h10-11,13H,3-8H2,1-2H3. The van der Waals surface area contributed by atoms with Gasteiger partial charge in [-0.1, -0.05) is 6.92 Å². The molecule has 0 aromatic heterocycles. The van der Waals surface area contributed by atoms with Crippen molar-refractivity contribution in [3.63, 3.8) is 0 Å². The second-order valence-electron chi connectivity index (χ2n) is 4.33. The molecule has 1 unspecified atom stereocenters. The van der Waals surface area contributed by atoms with Crippen molar-refractivity contribution in [2.24, 2.45) is 0 Å². The largest absolute Gasteiger partial charge is 0.389 e. The summed E-state index contributed by atoms with van der Waals surface area (Å²) in [5.41, 5.74) is -0.985. The molecule has 0 aliphatic carbocycles. The predicted molar refractivity (Wildman–Crippen MR) is 62.3 cm³/mol. The molecule has 0 aromatic rings. The predicted octanol–water partition coefficient (Wildman–Crippen LogP) is -1.11. The Morgan fingerprint density at radius 1 is 1.44 bits per heavy atom. The minimum Gasteiger partial charge on any atom is -0.389 e. The van der Waals surface area contributed by atoms with Gasteiger partial charge in [-0.15, -0.1) is 0 Å². The molecule has 1 rings (SSSR count). The number of nitrogens with one attached hydrogen (secondary N) is 2. The molecule has 1 aliphatic rings. The zero-order valence-electron chi connectivity index (χ0n) is 9.86. The first kappa shape index (κ1) is 13.9. The quantitative estimate of drug-likeness (QED) is 0.578. The Morgan fingerprint density at radius 2 is 2.00 bits per heavy atom.